The number of dihydropyridines is 1. The Morgan fingerprint density at radius 1 is 1.18 bits per heavy atom. The second kappa shape index (κ2) is 10.7. The molecule has 1 aromatic rings. The Balaban J connectivity index is 2.03. The van der Waals surface area contributed by atoms with Crippen molar-refractivity contribution in [2.75, 3.05) is 26.9 Å². The molecule has 0 bridgehead atoms. The summed E-state index contributed by atoms with van der Waals surface area (Å²) in [5, 5.41) is 3.15. The molecule has 178 valence electrons. The van der Waals surface area contributed by atoms with Gasteiger partial charge in [0, 0.05) is 29.1 Å². The molecule has 3 atom stereocenters. The van der Waals surface area contributed by atoms with Gasteiger partial charge in [-0.05, 0) is 31.7 Å². The normalized spacial score (nSPS) is 22.6. The van der Waals surface area contributed by atoms with Crippen molar-refractivity contribution in [2.24, 2.45) is 11.8 Å². The SMILES string of the molecule is CCCOCCOC(=O)C1=C(C)NC2=C(C(=O)[C@@H](C(=O)OC)[C@H](C)C2)[C@H]1c1ccccc1F. The van der Waals surface area contributed by atoms with Crippen LogP contribution < -0.4 is 5.32 Å². The highest BCUT2D eigenvalue weighted by molar-refractivity contribution is 6.12. The highest BCUT2D eigenvalue weighted by Gasteiger charge is 2.47. The molecule has 0 spiro atoms. The van der Waals surface area contributed by atoms with E-state index in [9.17, 15) is 18.8 Å². The van der Waals surface area contributed by atoms with Gasteiger partial charge >= 0.3 is 11.9 Å². The molecule has 0 aromatic heterocycles. The molecule has 3 rings (SSSR count). The monoisotopic (exact) mass is 459 g/mol. The van der Waals surface area contributed by atoms with Gasteiger partial charge in [0.2, 0.25) is 0 Å². The summed E-state index contributed by atoms with van der Waals surface area (Å²) >= 11 is 0. The fourth-order valence-corrected chi connectivity index (χ4v) is 4.49. The molecular weight excluding hydrogens is 429 g/mol. The van der Waals surface area contributed by atoms with E-state index in [1.54, 1.807) is 26.0 Å². The first-order chi connectivity index (χ1) is 15.8. The van der Waals surface area contributed by atoms with Gasteiger partial charge in [0.1, 0.15) is 18.3 Å². The molecule has 0 saturated carbocycles. The van der Waals surface area contributed by atoms with E-state index in [1.165, 1.54) is 19.2 Å². The van der Waals surface area contributed by atoms with E-state index in [1.807, 2.05) is 6.92 Å². The maximum absolute atomic E-state index is 15.0. The van der Waals surface area contributed by atoms with Gasteiger partial charge in [-0.1, -0.05) is 32.0 Å². The summed E-state index contributed by atoms with van der Waals surface area (Å²) in [6.45, 7) is 6.28. The van der Waals surface area contributed by atoms with Crippen molar-refractivity contribution in [1.29, 1.82) is 0 Å². The molecule has 2 aliphatic rings. The minimum absolute atomic E-state index is 0.0290. The fraction of sp³-hybridized carbons (Fsp3) is 0.480. The molecule has 7 nitrogen and oxygen atoms in total. The Morgan fingerprint density at radius 3 is 2.58 bits per heavy atom. The van der Waals surface area contributed by atoms with Crippen molar-refractivity contribution in [3.63, 3.8) is 0 Å². The van der Waals surface area contributed by atoms with Gasteiger partial charge in [0.25, 0.3) is 0 Å². The van der Waals surface area contributed by atoms with Crippen LogP contribution in [0.25, 0.3) is 0 Å². The van der Waals surface area contributed by atoms with Crippen LogP contribution in [-0.2, 0) is 28.6 Å². The van der Waals surface area contributed by atoms with Crippen LogP contribution in [0.5, 0.6) is 0 Å². The zero-order valence-corrected chi connectivity index (χ0v) is 19.4. The highest BCUT2D eigenvalue weighted by Crippen LogP contribution is 2.46. The van der Waals surface area contributed by atoms with Crippen LogP contribution in [0.3, 0.4) is 0 Å². The van der Waals surface area contributed by atoms with E-state index in [4.69, 9.17) is 14.2 Å². The predicted molar refractivity (Wildman–Crippen MR) is 118 cm³/mol. The summed E-state index contributed by atoms with van der Waals surface area (Å²) in [7, 11) is 1.23. The van der Waals surface area contributed by atoms with Gasteiger partial charge in [0.15, 0.2) is 5.78 Å². The third-order valence-corrected chi connectivity index (χ3v) is 5.99. The van der Waals surface area contributed by atoms with Crippen LogP contribution in [-0.4, -0.2) is 44.7 Å². The smallest absolute Gasteiger partial charge is 0.336 e. The summed E-state index contributed by atoms with van der Waals surface area (Å²) < 4.78 is 30.6. The molecular formula is C25H30FNO6. The van der Waals surface area contributed by atoms with Crippen LogP contribution in [0.15, 0.2) is 46.8 Å². The molecule has 0 unspecified atom stereocenters. The molecule has 0 saturated heterocycles. The fourth-order valence-electron chi connectivity index (χ4n) is 4.49. The maximum Gasteiger partial charge on any atom is 0.336 e. The molecule has 1 aliphatic heterocycles. The number of carbonyl (C=O) groups is 3. The number of methoxy groups -OCH3 is 1. The largest absolute Gasteiger partial charge is 0.468 e. The first-order valence-corrected chi connectivity index (χ1v) is 11.1. The number of esters is 2. The standard InChI is InChI=1S/C25H30FNO6/c1-5-10-32-11-12-33-25(30)20-15(3)27-18-13-14(2)19(24(29)31-4)23(28)22(18)21(20)16-8-6-7-9-17(16)26/h6-9,14,19,21,27H,5,10-13H2,1-4H3/t14-,19+,21+/m1/s1. The third-order valence-electron chi connectivity index (χ3n) is 5.99. The van der Waals surface area contributed by atoms with Crippen molar-refractivity contribution < 1.29 is 33.0 Å². The van der Waals surface area contributed by atoms with Crippen molar-refractivity contribution >= 4 is 17.7 Å². The van der Waals surface area contributed by atoms with Crippen LogP contribution in [0.1, 0.15) is 45.1 Å². The molecule has 1 heterocycles. The van der Waals surface area contributed by atoms with Crippen LogP contribution >= 0.6 is 0 Å². The molecule has 1 aliphatic carbocycles. The lowest BCUT2D eigenvalue weighted by Gasteiger charge is -2.38. The summed E-state index contributed by atoms with van der Waals surface area (Å²) in [6.07, 6.45) is 1.23. The zero-order valence-electron chi connectivity index (χ0n) is 19.4. The number of hydrogen-bond acceptors (Lipinski definition) is 7. The van der Waals surface area contributed by atoms with Crippen LogP contribution in [0.2, 0.25) is 0 Å². The molecule has 0 amide bonds. The van der Waals surface area contributed by atoms with E-state index >= 15 is 0 Å². The lowest BCUT2D eigenvalue weighted by molar-refractivity contribution is -0.151. The van der Waals surface area contributed by atoms with Gasteiger partial charge in [-0.3, -0.25) is 9.59 Å². The summed E-state index contributed by atoms with van der Waals surface area (Å²) in [5.74, 6) is -4.67. The number of Topliss-reactive ketones (excluding diaryl/α,β-unsaturated/α-hetero) is 1. The number of ether oxygens (including phenoxy) is 3. The second-order valence-corrected chi connectivity index (χ2v) is 8.31. The molecule has 1 aromatic carbocycles. The maximum atomic E-state index is 15.0. The van der Waals surface area contributed by atoms with Crippen LogP contribution in [0.4, 0.5) is 4.39 Å². The number of halogens is 1. The van der Waals surface area contributed by atoms with Gasteiger partial charge in [-0.25, -0.2) is 9.18 Å². The molecule has 1 N–H and O–H groups in total. The van der Waals surface area contributed by atoms with Crippen LogP contribution in [0, 0.1) is 17.7 Å². The van der Waals surface area contributed by atoms with Crippen molar-refractivity contribution in [3.8, 4) is 0 Å². The average molecular weight is 460 g/mol. The number of carbonyl (C=O) groups excluding carboxylic acids is 3. The van der Waals surface area contributed by atoms with E-state index in [0.717, 1.165) is 6.42 Å². The minimum atomic E-state index is -1.03. The van der Waals surface area contributed by atoms with Gasteiger partial charge < -0.3 is 19.5 Å². The minimum Gasteiger partial charge on any atom is -0.468 e. The number of benzene rings is 1. The Hall–Kier alpha value is -3.00. The molecule has 0 fully saturated rings. The number of nitrogens with one attached hydrogen (secondary N) is 1. The quantitative estimate of drug-likeness (QED) is 0.362. The van der Waals surface area contributed by atoms with E-state index in [0.29, 0.717) is 24.4 Å². The Morgan fingerprint density at radius 2 is 1.91 bits per heavy atom. The highest BCUT2D eigenvalue weighted by atomic mass is 19.1. The molecule has 0 radical (unpaired) electrons. The number of rotatable bonds is 8. The van der Waals surface area contributed by atoms with Crippen molar-refractivity contribution in [2.45, 2.75) is 39.5 Å². The second-order valence-electron chi connectivity index (χ2n) is 8.31. The third kappa shape index (κ3) is 5.00. The van der Waals surface area contributed by atoms with E-state index in [2.05, 4.69) is 5.32 Å². The Kier molecular flexibility index (Phi) is 8.02. The molecule has 8 heteroatoms. The topological polar surface area (TPSA) is 90.9 Å². The van der Waals surface area contributed by atoms with Crippen molar-refractivity contribution in [3.05, 3.63) is 58.2 Å². The Labute approximate surface area is 193 Å². The average Bonchev–Trinajstić information content (AvgIpc) is 2.78. The summed E-state index contributed by atoms with van der Waals surface area (Å²) in [5.41, 5.74) is 1.58. The number of hydrogen-bond donors (Lipinski definition) is 1. The zero-order chi connectivity index (χ0) is 24.1. The van der Waals surface area contributed by atoms with Gasteiger partial charge in [-0.15, -0.1) is 0 Å². The first kappa shape index (κ1) is 24.6. The van der Waals surface area contributed by atoms with Crippen molar-refractivity contribution in [1.82, 2.24) is 5.32 Å². The lowest BCUT2D eigenvalue weighted by Crippen LogP contribution is -2.43. The Bertz CT molecular complexity index is 998. The first-order valence-electron chi connectivity index (χ1n) is 11.1. The number of allylic oxidation sites excluding steroid dienone is 3. The predicted octanol–water partition coefficient (Wildman–Crippen LogP) is 3.41. The summed E-state index contributed by atoms with van der Waals surface area (Å²) in [6, 6.07) is 6.00. The number of ketones is 1. The van der Waals surface area contributed by atoms with Gasteiger partial charge in [0.05, 0.1) is 25.2 Å². The lowest BCUT2D eigenvalue weighted by atomic mass is 9.69. The van der Waals surface area contributed by atoms with E-state index < -0.39 is 35.4 Å². The molecule has 33 heavy (non-hydrogen) atoms. The van der Waals surface area contributed by atoms with E-state index in [-0.39, 0.29) is 35.8 Å². The summed E-state index contributed by atoms with van der Waals surface area (Å²) in [4.78, 5) is 39.1. The van der Waals surface area contributed by atoms with Gasteiger partial charge in [-0.2, -0.15) is 0 Å².